The first-order valence-electron chi connectivity index (χ1n) is 9.17. The Hall–Kier alpha value is -2.50. The van der Waals surface area contributed by atoms with E-state index in [2.05, 4.69) is 38.2 Å². The Labute approximate surface area is 164 Å². The molecule has 1 aromatic heterocycles. The van der Waals surface area contributed by atoms with Crippen molar-refractivity contribution in [2.75, 3.05) is 31.1 Å². The number of anilines is 1. The SMILES string of the molecule is Cc1cc(N2CCN(Cc3cccc(Oc4ccc(Cl)cc4)c3)CC2)n[nH]1. The third-order valence-corrected chi connectivity index (χ3v) is 4.99. The van der Waals surface area contributed by atoms with Crippen LogP contribution in [0, 0.1) is 6.92 Å². The van der Waals surface area contributed by atoms with E-state index in [-0.39, 0.29) is 0 Å². The van der Waals surface area contributed by atoms with Crippen molar-refractivity contribution >= 4 is 17.4 Å². The van der Waals surface area contributed by atoms with Crippen LogP contribution in [0.4, 0.5) is 5.82 Å². The van der Waals surface area contributed by atoms with Crippen LogP contribution < -0.4 is 9.64 Å². The summed E-state index contributed by atoms with van der Waals surface area (Å²) >= 11 is 5.93. The zero-order chi connectivity index (χ0) is 18.6. The first-order valence-corrected chi connectivity index (χ1v) is 9.55. The summed E-state index contributed by atoms with van der Waals surface area (Å²) in [5.41, 5.74) is 2.36. The molecule has 2 aromatic carbocycles. The molecule has 6 heteroatoms. The van der Waals surface area contributed by atoms with Crippen molar-refractivity contribution < 1.29 is 4.74 Å². The maximum absolute atomic E-state index is 5.94. The maximum Gasteiger partial charge on any atom is 0.150 e. The number of aromatic nitrogens is 2. The number of piperazine rings is 1. The Kier molecular flexibility index (Phi) is 5.32. The van der Waals surface area contributed by atoms with Gasteiger partial charge >= 0.3 is 0 Å². The maximum atomic E-state index is 5.94. The number of rotatable bonds is 5. The average molecular weight is 383 g/mol. The number of nitrogens with one attached hydrogen (secondary N) is 1. The lowest BCUT2D eigenvalue weighted by molar-refractivity contribution is 0.249. The molecule has 2 heterocycles. The molecule has 4 rings (SSSR count). The van der Waals surface area contributed by atoms with Gasteiger partial charge in [0, 0.05) is 49.5 Å². The highest BCUT2D eigenvalue weighted by molar-refractivity contribution is 6.30. The Morgan fingerprint density at radius 2 is 1.78 bits per heavy atom. The lowest BCUT2D eigenvalue weighted by Crippen LogP contribution is -2.46. The minimum absolute atomic E-state index is 0.709. The number of hydrogen-bond donors (Lipinski definition) is 1. The van der Waals surface area contributed by atoms with Crippen molar-refractivity contribution in [1.29, 1.82) is 0 Å². The molecule has 3 aromatic rings. The predicted molar refractivity (Wildman–Crippen MR) is 109 cm³/mol. The monoisotopic (exact) mass is 382 g/mol. The second-order valence-electron chi connectivity index (χ2n) is 6.88. The lowest BCUT2D eigenvalue weighted by Gasteiger charge is -2.34. The number of aryl methyl sites for hydroxylation is 1. The van der Waals surface area contributed by atoms with Gasteiger partial charge in [-0.1, -0.05) is 23.7 Å². The lowest BCUT2D eigenvalue weighted by atomic mass is 10.2. The summed E-state index contributed by atoms with van der Waals surface area (Å²) in [6.07, 6.45) is 0. The molecule has 0 radical (unpaired) electrons. The van der Waals surface area contributed by atoms with Gasteiger partial charge in [-0.2, -0.15) is 5.10 Å². The number of benzene rings is 2. The molecule has 1 fully saturated rings. The molecule has 5 nitrogen and oxygen atoms in total. The third kappa shape index (κ3) is 4.62. The van der Waals surface area contributed by atoms with Gasteiger partial charge in [0.05, 0.1) is 0 Å². The molecule has 0 amide bonds. The van der Waals surface area contributed by atoms with Crippen LogP contribution in [0.2, 0.25) is 5.02 Å². The van der Waals surface area contributed by atoms with Crippen molar-refractivity contribution in [3.63, 3.8) is 0 Å². The van der Waals surface area contributed by atoms with Crippen LogP contribution in [-0.2, 0) is 6.54 Å². The summed E-state index contributed by atoms with van der Waals surface area (Å²) in [6, 6.07) is 17.8. The highest BCUT2D eigenvalue weighted by atomic mass is 35.5. The average Bonchev–Trinajstić information content (AvgIpc) is 3.11. The standard InChI is InChI=1S/C21H23ClN4O/c1-16-13-21(24-23-16)26-11-9-25(10-12-26)15-17-3-2-4-20(14-17)27-19-7-5-18(22)6-8-19/h2-8,13-14H,9-12,15H2,1H3,(H,23,24). The molecule has 0 spiro atoms. The Balaban J connectivity index is 1.34. The van der Waals surface area contributed by atoms with E-state index in [0.29, 0.717) is 5.02 Å². The Bertz CT molecular complexity index is 885. The highest BCUT2D eigenvalue weighted by Gasteiger charge is 2.19. The topological polar surface area (TPSA) is 44.4 Å². The van der Waals surface area contributed by atoms with Gasteiger partial charge in [0.2, 0.25) is 0 Å². The second-order valence-corrected chi connectivity index (χ2v) is 7.31. The van der Waals surface area contributed by atoms with Crippen molar-refractivity contribution in [2.24, 2.45) is 0 Å². The zero-order valence-corrected chi connectivity index (χ0v) is 16.1. The fourth-order valence-corrected chi connectivity index (χ4v) is 3.43. The fourth-order valence-electron chi connectivity index (χ4n) is 3.30. The molecule has 1 N–H and O–H groups in total. The number of aromatic amines is 1. The summed E-state index contributed by atoms with van der Waals surface area (Å²) < 4.78 is 5.94. The van der Waals surface area contributed by atoms with E-state index in [1.165, 1.54) is 5.56 Å². The molecule has 0 saturated carbocycles. The quantitative estimate of drug-likeness (QED) is 0.706. The number of halogens is 1. The molecular formula is C21H23ClN4O. The highest BCUT2D eigenvalue weighted by Crippen LogP contribution is 2.24. The first-order chi connectivity index (χ1) is 13.2. The fraction of sp³-hybridized carbons (Fsp3) is 0.286. The molecule has 140 valence electrons. The zero-order valence-electron chi connectivity index (χ0n) is 15.4. The molecule has 0 aliphatic carbocycles. The molecule has 1 aliphatic rings. The Morgan fingerprint density at radius 3 is 2.48 bits per heavy atom. The van der Waals surface area contributed by atoms with Gasteiger partial charge in [0.25, 0.3) is 0 Å². The normalized spacial score (nSPS) is 15.1. The predicted octanol–water partition coefficient (Wildman–Crippen LogP) is 4.49. The van der Waals surface area contributed by atoms with Crippen molar-refractivity contribution in [3.8, 4) is 11.5 Å². The van der Waals surface area contributed by atoms with Crippen LogP contribution in [0.25, 0.3) is 0 Å². The summed E-state index contributed by atoms with van der Waals surface area (Å²) in [7, 11) is 0. The summed E-state index contributed by atoms with van der Waals surface area (Å²) in [5, 5.41) is 8.09. The largest absolute Gasteiger partial charge is 0.457 e. The van der Waals surface area contributed by atoms with Gasteiger partial charge < -0.3 is 9.64 Å². The van der Waals surface area contributed by atoms with Gasteiger partial charge in [0.1, 0.15) is 11.5 Å². The molecule has 1 saturated heterocycles. The van der Waals surface area contributed by atoms with Gasteiger partial charge in [0.15, 0.2) is 5.82 Å². The second kappa shape index (κ2) is 8.03. The number of hydrogen-bond acceptors (Lipinski definition) is 4. The number of H-pyrrole nitrogens is 1. The number of ether oxygens (including phenoxy) is 1. The van der Waals surface area contributed by atoms with Crippen LogP contribution in [0.5, 0.6) is 11.5 Å². The molecular weight excluding hydrogens is 360 g/mol. The van der Waals surface area contributed by atoms with E-state index < -0.39 is 0 Å². The van der Waals surface area contributed by atoms with Crippen LogP contribution >= 0.6 is 11.6 Å². The molecule has 0 unspecified atom stereocenters. The summed E-state index contributed by atoms with van der Waals surface area (Å²) in [4.78, 5) is 4.80. The van der Waals surface area contributed by atoms with Crippen molar-refractivity contribution in [3.05, 3.63) is 70.9 Å². The van der Waals surface area contributed by atoms with Gasteiger partial charge in [-0.25, -0.2) is 0 Å². The molecule has 27 heavy (non-hydrogen) atoms. The van der Waals surface area contributed by atoms with Crippen molar-refractivity contribution in [1.82, 2.24) is 15.1 Å². The number of nitrogens with zero attached hydrogens (tertiary/aromatic N) is 3. The van der Waals surface area contributed by atoms with E-state index in [4.69, 9.17) is 16.3 Å². The van der Waals surface area contributed by atoms with Crippen LogP contribution in [0.15, 0.2) is 54.6 Å². The minimum atomic E-state index is 0.709. The summed E-state index contributed by atoms with van der Waals surface area (Å²) in [6.45, 7) is 6.98. The van der Waals surface area contributed by atoms with E-state index in [1.54, 1.807) is 0 Å². The van der Waals surface area contributed by atoms with Crippen LogP contribution in [0.3, 0.4) is 0 Å². The smallest absolute Gasteiger partial charge is 0.150 e. The van der Waals surface area contributed by atoms with Gasteiger partial charge in [-0.05, 0) is 48.9 Å². The minimum Gasteiger partial charge on any atom is -0.457 e. The van der Waals surface area contributed by atoms with E-state index >= 15 is 0 Å². The molecule has 1 aliphatic heterocycles. The van der Waals surface area contributed by atoms with Gasteiger partial charge in [-0.15, -0.1) is 0 Å². The third-order valence-electron chi connectivity index (χ3n) is 4.74. The molecule has 0 atom stereocenters. The van der Waals surface area contributed by atoms with Crippen molar-refractivity contribution in [2.45, 2.75) is 13.5 Å². The summed E-state index contributed by atoms with van der Waals surface area (Å²) in [5.74, 6) is 2.69. The van der Waals surface area contributed by atoms with E-state index in [9.17, 15) is 0 Å². The van der Waals surface area contributed by atoms with Gasteiger partial charge in [-0.3, -0.25) is 10.00 Å². The van der Waals surface area contributed by atoms with E-state index in [0.717, 1.165) is 55.7 Å². The molecule has 0 bridgehead atoms. The first kappa shape index (κ1) is 17.9. The van der Waals surface area contributed by atoms with Crippen LogP contribution in [-0.4, -0.2) is 41.3 Å². The van der Waals surface area contributed by atoms with Crippen LogP contribution in [0.1, 0.15) is 11.3 Å². The Morgan fingerprint density at radius 1 is 1.00 bits per heavy atom. The van der Waals surface area contributed by atoms with E-state index in [1.807, 2.05) is 43.3 Å².